The van der Waals surface area contributed by atoms with Gasteiger partial charge in [0.15, 0.2) is 0 Å². The lowest BCUT2D eigenvalue weighted by Crippen LogP contribution is -2.04. The van der Waals surface area contributed by atoms with Crippen LogP contribution >= 0.6 is 11.6 Å². The van der Waals surface area contributed by atoms with E-state index in [-0.39, 0.29) is 10.8 Å². The summed E-state index contributed by atoms with van der Waals surface area (Å²) in [4.78, 5) is 14.3. The van der Waals surface area contributed by atoms with Gasteiger partial charge in [-0.05, 0) is 12.1 Å². The first-order valence-electron chi connectivity index (χ1n) is 4.74. The summed E-state index contributed by atoms with van der Waals surface area (Å²) >= 11 is 5.81. The third-order valence-corrected chi connectivity index (χ3v) is 2.83. The molecular weight excluding hydrogens is 246 g/mol. The van der Waals surface area contributed by atoms with E-state index in [9.17, 15) is 15.0 Å². The second-order valence-corrected chi connectivity index (χ2v) is 4.04. The van der Waals surface area contributed by atoms with E-state index in [0.29, 0.717) is 15.9 Å². The van der Waals surface area contributed by atoms with Gasteiger partial charge in [0.25, 0.3) is 17.5 Å². The highest BCUT2D eigenvalue weighted by atomic mass is 35.5. The predicted octanol–water partition coefficient (Wildman–Crippen LogP) is 2.34. The van der Waals surface area contributed by atoms with E-state index in [0.717, 1.165) is 0 Å². The summed E-state index contributed by atoms with van der Waals surface area (Å²) in [6.07, 6.45) is 0. The molecule has 5 nitrogen and oxygen atoms in total. The molecule has 0 aliphatic rings. The van der Waals surface area contributed by atoms with Crippen LogP contribution in [0, 0.1) is 0 Å². The minimum atomic E-state index is -0.601. The van der Waals surface area contributed by atoms with Gasteiger partial charge in [0, 0.05) is 10.4 Å². The SMILES string of the molecule is O=c1[nH]c2cc(Cl)ccc2c2c(O)oc(O)c12. The van der Waals surface area contributed by atoms with E-state index in [1.165, 1.54) is 0 Å². The lowest BCUT2D eigenvalue weighted by Gasteiger charge is -1.99. The van der Waals surface area contributed by atoms with Crippen LogP contribution in [0.1, 0.15) is 0 Å². The number of hydrogen-bond donors (Lipinski definition) is 3. The fraction of sp³-hybridized carbons (Fsp3) is 0. The molecule has 3 aromatic rings. The van der Waals surface area contributed by atoms with Gasteiger partial charge in [0.2, 0.25) is 0 Å². The van der Waals surface area contributed by atoms with E-state index >= 15 is 0 Å². The average molecular weight is 252 g/mol. The van der Waals surface area contributed by atoms with Gasteiger partial charge in [-0.15, -0.1) is 0 Å². The van der Waals surface area contributed by atoms with Gasteiger partial charge < -0.3 is 19.6 Å². The van der Waals surface area contributed by atoms with E-state index in [1.807, 2.05) is 0 Å². The Bertz CT molecular complexity index is 802. The van der Waals surface area contributed by atoms with Gasteiger partial charge in [-0.3, -0.25) is 4.79 Å². The first-order valence-corrected chi connectivity index (χ1v) is 5.11. The van der Waals surface area contributed by atoms with Crippen molar-refractivity contribution in [2.75, 3.05) is 0 Å². The van der Waals surface area contributed by atoms with Crippen LogP contribution in [-0.4, -0.2) is 15.2 Å². The van der Waals surface area contributed by atoms with Crippen LogP contribution in [0.25, 0.3) is 21.7 Å². The van der Waals surface area contributed by atoms with Crippen LogP contribution in [0.3, 0.4) is 0 Å². The molecule has 0 aliphatic heterocycles. The van der Waals surface area contributed by atoms with Gasteiger partial charge in [-0.2, -0.15) is 0 Å². The first kappa shape index (κ1) is 10.0. The zero-order valence-corrected chi connectivity index (χ0v) is 9.08. The molecule has 0 fully saturated rings. The molecule has 0 amide bonds. The van der Waals surface area contributed by atoms with Crippen molar-refractivity contribution in [3.05, 3.63) is 33.6 Å². The van der Waals surface area contributed by atoms with Crippen molar-refractivity contribution >= 4 is 33.3 Å². The number of furan rings is 1. The molecule has 0 atom stereocenters. The molecule has 1 aromatic carbocycles. The van der Waals surface area contributed by atoms with Gasteiger partial charge in [0.1, 0.15) is 5.39 Å². The zero-order valence-electron chi connectivity index (χ0n) is 8.32. The average Bonchev–Trinajstić information content (AvgIpc) is 2.55. The Labute approximate surface area is 98.9 Å². The zero-order chi connectivity index (χ0) is 12.2. The Morgan fingerprint density at radius 2 is 1.88 bits per heavy atom. The Morgan fingerprint density at radius 3 is 2.65 bits per heavy atom. The molecule has 0 aliphatic carbocycles. The molecule has 3 N–H and O–H groups in total. The number of H-pyrrole nitrogens is 1. The lowest BCUT2D eigenvalue weighted by atomic mass is 10.1. The third-order valence-electron chi connectivity index (χ3n) is 2.60. The number of hydrogen-bond acceptors (Lipinski definition) is 4. The molecule has 0 bridgehead atoms. The Balaban J connectivity index is 2.68. The van der Waals surface area contributed by atoms with Crippen LogP contribution in [0.15, 0.2) is 27.4 Å². The number of aromatic amines is 1. The van der Waals surface area contributed by atoms with Crippen molar-refractivity contribution in [2.45, 2.75) is 0 Å². The standard InChI is InChI=1S/C11H6ClNO4/c12-4-1-2-5-6(3-4)13-9(14)8-7(5)10(15)17-11(8)16/h1-3,15-16H,(H,13,14). The molecule has 2 heterocycles. The summed E-state index contributed by atoms with van der Waals surface area (Å²) in [6, 6.07) is 4.80. The monoisotopic (exact) mass is 251 g/mol. The molecular formula is C11H6ClNO4. The molecule has 2 aromatic heterocycles. The number of pyridine rings is 1. The van der Waals surface area contributed by atoms with Crippen molar-refractivity contribution < 1.29 is 14.6 Å². The topological polar surface area (TPSA) is 86.5 Å². The summed E-state index contributed by atoms with van der Waals surface area (Å²) in [5.41, 5.74) is -0.0811. The molecule has 0 unspecified atom stereocenters. The highest BCUT2D eigenvalue weighted by molar-refractivity contribution is 6.31. The first-order chi connectivity index (χ1) is 8.08. The van der Waals surface area contributed by atoms with Crippen molar-refractivity contribution in [2.24, 2.45) is 0 Å². The molecule has 0 radical (unpaired) electrons. The lowest BCUT2D eigenvalue weighted by molar-refractivity contribution is 0.270. The van der Waals surface area contributed by atoms with Gasteiger partial charge in [-0.1, -0.05) is 17.7 Å². The van der Waals surface area contributed by atoms with E-state index in [4.69, 9.17) is 11.6 Å². The molecule has 0 saturated heterocycles. The van der Waals surface area contributed by atoms with Crippen LogP contribution in [0.5, 0.6) is 11.9 Å². The smallest absolute Gasteiger partial charge is 0.298 e. The quantitative estimate of drug-likeness (QED) is 0.572. The van der Waals surface area contributed by atoms with Gasteiger partial charge >= 0.3 is 0 Å². The summed E-state index contributed by atoms with van der Waals surface area (Å²) in [6.45, 7) is 0. The van der Waals surface area contributed by atoms with E-state index in [2.05, 4.69) is 9.40 Å². The van der Waals surface area contributed by atoms with Crippen molar-refractivity contribution in [3.8, 4) is 11.9 Å². The van der Waals surface area contributed by atoms with Crippen molar-refractivity contribution in [1.82, 2.24) is 4.98 Å². The van der Waals surface area contributed by atoms with Gasteiger partial charge in [-0.25, -0.2) is 0 Å². The highest BCUT2D eigenvalue weighted by Gasteiger charge is 2.18. The second kappa shape index (κ2) is 3.18. The normalized spacial score (nSPS) is 11.4. The third kappa shape index (κ3) is 1.29. The van der Waals surface area contributed by atoms with Crippen LogP contribution in [0.4, 0.5) is 0 Å². The number of fused-ring (bicyclic) bond motifs is 3. The highest BCUT2D eigenvalue weighted by Crippen LogP contribution is 2.37. The maximum Gasteiger partial charge on any atom is 0.298 e. The fourth-order valence-corrected chi connectivity index (χ4v) is 2.06. The van der Waals surface area contributed by atoms with Crippen molar-refractivity contribution in [3.63, 3.8) is 0 Å². The van der Waals surface area contributed by atoms with Crippen LogP contribution in [0.2, 0.25) is 5.02 Å². The molecule has 0 saturated carbocycles. The molecule has 86 valence electrons. The maximum absolute atomic E-state index is 11.7. The summed E-state index contributed by atoms with van der Waals surface area (Å²) in [5, 5.41) is 20.1. The number of nitrogens with one attached hydrogen (secondary N) is 1. The Morgan fingerprint density at radius 1 is 1.18 bits per heavy atom. The minimum Gasteiger partial charge on any atom is -0.480 e. The number of aromatic hydroxyl groups is 2. The number of halogens is 1. The minimum absolute atomic E-state index is 0.0719. The molecule has 17 heavy (non-hydrogen) atoms. The fourth-order valence-electron chi connectivity index (χ4n) is 1.89. The Hall–Kier alpha value is -2.14. The number of benzene rings is 1. The number of rotatable bonds is 0. The second-order valence-electron chi connectivity index (χ2n) is 3.61. The van der Waals surface area contributed by atoms with Crippen LogP contribution < -0.4 is 5.56 Å². The maximum atomic E-state index is 11.7. The summed E-state index contributed by atoms with van der Waals surface area (Å²) in [7, 11) is 0. The molecule has 3 rings (SSSR count). The van der Waals surface area contributed by atoms with Crippen LogP contribution in [-0.2, 0) is 0 Å². The largest absolute Gasteiger partial charge is 0.480 e. The summed E-state index contributed by atoms with van der Waals surface area (Å²) < 4.78 is 4.64. The van der Waals surface area contributed by atoms with Crippen molar-refractivity contribution in [1.29, 1.82) is 0 Å². The molecule has 0 spiro atoms. The molecule has 6 heteroatoms. The van der Waals surface area contributed by atoms with E-state index < -0.39 is 17.5 Å². The van der Waals surface area contributed by atoms with Gasteiger partial charge in [0.05, 0.1) is 10.9 Å². The summed E-state index contributed by atoms with van der Waals surface area (Å²) in [5.74, 6) is -1.09. The number of aromatic nitrogens is 1. The Kier molecular flexibility index (Phi) is 1.88. The predicted molar refractivity (Wildman–Crippen MR) is 62.7 cm³/mol. The van der Waals surface area contributed by atoms with E-state index in [1.54, 1.807) is 18.2 Å².